The van der Waals surface area contributed by atoms with Crippen molar-refractivity contribution in [3.05, 3.63) is 29.8 Å². The number of halogens is 1. The molecule has 1 aliphatic rings. The van der Waals surface area contributed by atoms with E-state index in [9.17, 15) is 8.42 Å². The normalized spacial score (nSPS) is 16.2. The second kappa shape index (κ2) is 14.3. The molecule has 1 saturated heterocycles. The summed E-state index contributed by atoms with van der Waals surface area (Å²) < 4.78 is 28.8. The Morgan fingerprint density at radius 3 is 2.42 bits per heavy atom. The summed E-state index contributed by atoms with van der Waals surface area (Å²) in [5.74, 6) is 0.854. The first kappa shape index (κ1) is 28.1. The summed E-state index contributed by atoms with van der Waals surface area (Å²) in [6.07, 6.45) is 4.48. The van der Waals surface area contributed by atoms with Gasteiger partial charge in [0.2, 0.25) is 0 Å². The van der Waals surface area contributed by atoms with Gasteiger partial charge in [-0.15, -0.1) is 24.0 Å². The maximum absolute atomic E-state index is 11.6. The molecule has 0 saturated carbocycles. The maximum atomic E-state index is 11.6. The molecule has 0 aliphatic carbocycles. The summed E-state index contributed by atoms with van der Waals surface area (Å²) in [6.45, 7) is 11.6. The van der Waals surface area contributed by atoms with Gasteiger partial charge in [-0.05, 0) is 57.7 Å². The Kier molecular flexibility index (Phi) is 13.0. The Bertz CT molecular complexity index is 761. The van der Waals surface area contributed by atoms with Gasteiger partial charge < -0.3 is 20.3 Å². The van der Waals surface area contributed by atoms with Crippen LogP contribution in [0, 0.1) is 0 Å². The molecule has 7 nitrogen and oxygen atoms in total. The number of nitrogens with zero attached hydrogens (tertiary/aromatic N) is 2. The molecule has 0 unspecified atom stereocenters. The topological polar surface area (TPSA) is 83.0 Å². The van der Waals surface area contributed by atoms with Crippen molar-refractivity contribution in [1.29, 1.82) is 0 Å². The van der Waals surface area contributed by atoms with Crippen molar-refractivity contribution in [2.45, 2.75) is 57.1 Å². The van der Waals surface area contributed by atoms with E-state index in [1.54, 1.807) is 12.1 Å². The van der Waals surface area contributed by atoms with Gasteiger partial charge in [0.05, 0.1) is 17.6 Å². The zero-order chi connectivity index (χ0) is 22.0. The molecule has 0 spiro atoms. The summed E-state index contributed by atoms with van der Waals surface area (Å²) in [5.41, 5.74) is 1.08. The summed E-state index contributed by atoms with van der Waals surface area (Å²) in [6, 6.07) is 7.49. The van der Waals surface area contributed by atoms with Crippen LogP contribution in [-0.4, -0.2) is 77.0 Å². The fraction of sp³-hybridized carbons (Fsp3) is 0.682. The third-order valence-corrected chi connectivity index (χ3v) is 6.28. The van der Waals surface area contributed by atoms with Crippen LogP contribution in [0.3, 0.4) is 0 Å². The number of hydrogen-bond donors (Lipinski definition) is 2. The average Bonchev–Trinajstić information content (AvgIpc) is 2.69. The number of guanidine groups is 1. The van der Waals surface area contributed by atoms with Gasteiger partial charge in [0.1, 0.15) is 0 Å². The van der Waals surface area contributed by atoms with Crippen LogP contribution in [0.5, 0.6) is 0 Å². The lowest BCUT2D eigenvalue weighted by Gasteiger charge is -2.33. The van der Waals surface area contributed by atoms with Crippen LogP contribution in [-0.2, 0) is 21.0 Å². The van der Waals surface area contributed by atoms with Crippen molar-refractivity contribution >= 4 is 39.8 Å². The maximum Gasteiger partial charge on any atom is 0.191 e. The highest BCUT2D eigenvalue weighted by atomic mass is 127. The molecule has 1 aromatic rings. The first-order chi connectivity index (χ1) is 14.3. The van der Waals surface area contributed by atoms with Crippen LogP contribution >= 0.6 is 24.0 Å². The van der Waals surface area contributed by atoms with E-state index in [0.29, 0.717) is 23.6 Å². The van der Waals surface area contributed by atoms with Gasteiger partial charge in [0, 0.05) is 45.0 Å². The molecule has 1 heterocycles. The second-order valence-corrected chi connectivity index (χ2v) is 10.1. The van der Waals surface area contributed by atoms with E-state index in [0.717, 1.165) is 63.6 Å². The van der Waals surface area contributed by atoms with Crippen LogP contribution in [0.2, 0.25) is 0 Å². The number of piperidine rings is 1. The first-order valence-electron chi connectivity index (χ1n) is 11.0. The van der Waals surface area contributed by atoms with E-state index in [1.807, 2.05) is 12.1 Å². The van der Waals surface area contributed by atoms with E-state index < -0.39 is 9.84 Å². The molecular formula is C22H39IN4O3S. The van der Waals surface area contributed by atoms with Crippen LogP contribution in [0.25, 0.3) is 0 Å². The highest BCUT2D eigenvalue weighted by molar-refractivity contribution is 14.0. The predicted octanol–water partition coefficient (Wildman–Crippen LogP) is 2.70. The quantitative estimate of drug-likeness (QED) is 0.258. The Morgan fingerprint density at radius 2 is 1.87 bits per heavy atom. The molecular weight excluding hydrogens is 527 g/mol. The van der Waals surface area contributed by atoms with E-state index in [1.165, 1.54) is 6.26 Å². The smallest absolute Gasteiger partial charge is 0.191 e. The number of nitrogens with one attached hydrogen (secondary N) is 2. The predicted molar refractivity (Wildman–Crippen MR) is 138 cm³/mol. The standard InChI is InChI=1S/C22H38N4O3S.HI/c1-5-23-22(24-13-10-19-6-8-21(9-7-19)30(4,27)28)25-20-11-14-26(15-12-20)16-17-29-18(2)3;/h6-9,18,20H,5,10-17H2,1-4H3,(H2,23,24,25);1H. The fourth-order valence-corrected chi connectivity index (χ4v) is 4.06. The monoisotopic (exact) mass is 566 g/mol. The minimum Gasteiger partial charge on any atom is -0.377 e. The molecule has 0 atom stereocenters. The van der Waals surface area contributed by atoms with Crippen molar-refractivity contribution in [3.8, 4) is 0 Å². The van der Waals surface area contributed by atoms with Gasteiger partial charge in [0.15, 0.2) is 15.8 Å². The van der Waals surface area contributed by atoms with Crippen molar-refractivity contribution in [2.24, 2.45) is 4.99 Å². The van der Waals surface area contributed by atoms with Gasteiger partial charge in [-0.2, -0.15) is 0 Å². The van der Waals surface area contributed by atoms with Crippen molar-refractivity contribution in [2.75, 3.05) is 45.6 Å². The fourth-order valence-electron chi connectivity index (χ4n) is 3.43. The zero-order valence-corrected chi connectivity index (χ0v) is 22.4. The molecule has 0 radical (unpaired) electrons. The van der Waals surface area contributed by atoms with E-state index in [2.05, 4.69) is 36.3 Å². The van der Waals surface area contributed by atoms with E-state index >= 15 is 0 Å². The van der Waals surface area contributed by atoms with Crippen LogP contribution in [0.15, 0.2) is 34.2 Å². The van der Waals surface area contributed by atoms with Gasteiger partial charge in [-0.25, -0.2) is 8.42 Å². The minimum atomic E-state index is -3.15. The van der Waals surface area contributed by atoms with Crippen LogP contribution < -0.4 is 10.6 Å². The number of ether oxygens (including phenoxy) is 1. The van der Waals surface area contributed by atoms with Gasteiger partial charge >= 0.3 is 0 Å². The third kappa shape index (κ3) is 11.0. The average molecular weight is 567 g/mol. The Morgan fingerprint density at radius 1 is 1.23 bits per heavy atom. The van der Waals surface area contributed by atoms with Gasteiger partial charge in [-0.1, -0.05) is 12.1 Å². The molecule has 178 valence electrons. The van der Waals surface area contributed by atoms with E-state index in [-0.39, 0.29) is 24.0 Å². The van der Waals surface area contributed by atoms with Crippen molar-refractivity contribution < 1.29 is 13.2 Å². The number of aliphatic imine (C=N–C) groups is 1. The molecule has 9 heteroatoms. The van der Waals surface area contributed by atoms with Crippen LogP contribution in [0.4, 0.5) is 0 Å². The van der Waals surface area contributed by atoms with Gasteiger partial charge in [-0.3, -0.25) is 4.99 Å². The molecule has 0 amide bonds. The lowest BCUT2D eigenvalue weighted by Crippen LogP contribution is -2.49. The molecule has 1 fully saturated rings. The number of benzene rings is 1. The SMILES string of the molecule is CCNC(=NCCc1ccc(S(C)(=O)=O)cc1)NC1CCN(CCOC(C)C)CC1.I. The zero-order valence-electron chi connectivity index (χ0n) is 19.3. The summed E-state index contributed by atoms with van der Waals surface area (Å²) in [7, 11) is -3.15. The summed E-state index contributed by atoms with van der Waals surface area (Å²) >= 11 is 0. The highest BCUT2D eigenvalue weighted by Crippen LogP contribution is 2.12. The Balaban J connectivity index is 0.00000480. The number of likely N-dealkylation sites (tertiary alicyclic amines) is 1. The molecule has 0 aromatic heterocycles. The molecule has 2 N–H and O–H groups in total. The largest absolute Gasteiger partial charge is 0.377 e. The molecule has 1 aromatic carbocycles. The summed E-state index contributed by atoms with van der Waals surface area (Å²) in [5, 5.41) is 6.90. The van der Waals surface area contributed by atoms with Crippen molar-refractivity contribution in [3.63, 3.8) is 0 Å². The molecule has 2 rings (SSSR count). The Hall–Kier alpha value is -0.910. The molecule has 1 aliphatic heterocycles. The Labute approximate surface area is 205 Å². The van der Waals surface area contributed by atoms with Crippen LogP contribution in [0.1, 0.15) is 39.2 Å². The first-order valence-corrected chi connectivity index (χ1v) is 12.8. The summed E-state index contributed by atoms with van der Waals surface area (Å²) in [4.78, 5) is 7.52. The lowest BCUT2D eigenvalue weighted by molar-refractivity contribution is 0.0532. The number of hydrogen-bond acceptors (Lipinski definition) is 5. The minimum absolute atomic E-state index is 0. The number of sulfone groups is 1. The number of rotatable bonds is 10. The third-order valence-electron chi connectivity index (χ3n) is 5.15. The van der Waals surface area contributed by atoms with Gasteiger partial charge in [0.25, 0.3) is 0 Å². The van der Waals surface area contributed by atoms with Crippen molar-refractivity contribution in [1.82, 2.24) is 15.5 Å². The molecule has 0 bridgehead atoms. The van der Waals surface area contributed by atoms with E-state index in [4.69, 9.17) is 9.73 Å². The lowest BCUT2D eigenvalue weighted by atomic mass is 10.1. The molecule has 31 heavy (non-hydrogen) atoms. The second-order valence-electron chi connectivity index (χ2n) is 8.11. The highest BCUT2D eigenvalue weighted by Gasteiger charge is 2.19.